The van der Waals surface area contributed by atoms with Crippen molar-refractivity contribution in [1.29, 1.82) is 0 Å². The highest BCUT2D eigenvalue weighted by Gasteiger charge is 2.29. The van der Waals surface area contributed by atoms with Crippen molar-refractivity contribution >= 4 is 5.91 Å². The van der Waals surface area contributed by atoms with E-state index in [0.717, 1.165) is 18.4 Å². The SMILES string of the molecule is CC[C@H](O)c1ccc(OCC(=O)N(C)C2CC2)cc1. The number of ether oxygens (including phenoxy) is 1. The number of carbonyl (C=O) groups is 1. The Labute approximate surface area is 114 Å². The zero-order chi connectivity index (χ0) is 13.8. The van der Waals surface area contributed by atoms with E-state index >= 15 is 0 Å². The van der Waals surface area contributed by atoms with Crippen LogP contribution in [0.25, 0.3) is 0 Å². The molecule has 0 radical (unpaired) electrons. The minimum Gasteiger partial charge on any atom is -0.484 e. The van der Waals surface area contributed by atoms with Gasteiger partial charge in [-0.15, -0.1) is 0 Å². The molecule has 0 aliphatic heterocycles. The Morgan fingerprint density at radius 1 is 1.42 bits per heavy atom. The molecule has 0 saturated heterocycles. The number of aliphatic hydroxyl groups excluding tert-OH is 1. The molecule has 104 valence electrons. The van der Waals surface area contributed by atoms with Gasteiger partial charge in [0.15, 0.2) is 6.61 Å². The minimum atomic E-state index is -0.434. The number of amides is 1. The molecule has 0 spiro atoms. The monoisotopic (exact) mass is 263 g/mol. The van der Waals surface area contributed by atoms with Crippen LogP contribution in [-0.4, -0.2) is 35.6 Å². The lowest BCUT2D eigenvalue weighted by Gasteiger charge is -2.16. The number of benzene rings is 1. The van der Waals surface area contributed by atoms with Crippen LogP contribution < -0.4 is 4.74 Å². The Morgan fingerprint density at radius 3 is 2.58 bits per heavy atom. The fourth-order valence-electron chi connectivity index (χ4n) is 1.93. The van der Waals surface area contributed by atoms with Gasteiger partial charge >= 0.3 is 0 Å². The molecule has 4 heteroatoms. The van der Waals surface area contributed by atoms with Gasteiger partial charge in [0.25, 0.3) is 5.91 Å². The van der Waals surface area contributed by atoms with Gasteiger partial charge in [-0.05, 0) is 37.0 Å². The molecule has 1 amide bonds. The largest absolute Gasteiger partial charge is 0.484 e. The number of rotatable bonds is 6. The first-order valence-corrected chi connectivity index (χ1v) is 6.78. The zero-order valence-corrected chi connectivity index (χ0v) is 11.5. The summed E-state index contributed by atoms with van der Waals surface area (Å²) in [6.45, 7) is 2.00. The first-order valence-electron chi connectivity index (χ1n) is 6.78. The predicted octanol–water partition coefficient (Wildman–Crippen LogP) is 2.13. The third-order valence-electron chi connectivity index (χ3n) is 3.50. The normalized spacial score (nSPS) is 15.9. The molecular formula is C15H21NO3. The summed E-state index contributed by atoms with van der Waals surface area (Å²) in [7, 11) is 1.82. The average molecular weight is 263 g/mol. The molecule has 1 atom stereocenters. The highest BCUT2D eigenvalue weighted by atomic mass is 16.5. The molecule has 19 heavy (non-hydrogen) atoms. The molecule has 2 rings (SSSR count). The van der Waals surface area contributed by atoms with Crippen molar-refractivity contribution in [2.75, 3.05) is 13.7 Å². The average Bonchev–Trinajstić information content (AvgIpc) is 3.28. The molecule has 4 nitrogen and oxygen atoms in total. The molecule has 1 aromatic carbocycles. The third kappa shape index (κ3) is 3.70. The van der Waals surface area contributed by atoms with Crippen LogP contribution in [0.15, 0.2) is 24.3 Å². The fraction of sp³-hybridized carbons (Fsp3) is 0.533. The first-order chi connectivity index (χ1) is 9.11. The smallest absolute Gasteiger partial charge is 0.260 e. The summed E-state index contributed by atoms with van der Waals surface area (Å²) in [6, 6.07) is 7.66. The van der Waals surface area contributed by atoms with E-state index in [1.54, 1.807) is 17.0 Å². The Morgan fingerprint density at radius 2 is 2.05 bits per heavy atom. The van der Waals surface area contributed by atoms with E-state index in [1.165, 1.54) is 0 Å². The number of likely N-dealkylation sites (N-methyl/N-ethyl adjacent to an activating group) is 1. The number of carbonyl (C=O) groups excluding carboxylic acids is 1. The van der Waals surface area contributed by atoms with Gasteiger partial charge in [-0.25, -0.2) is 0 Å². The molecule has 1 fully saturated rings. The summed E-state index contributed by atoms with van der Waals surface area (Å²) in [4.78, 5) is 13.5. The van der Waals surface area contributed by atoms with Crippen LogP contribution in [0.4, 0.5) is 0 Å². The van der Waals surface area contributed by atoms with Crippen molar-refractivity contribution in [3.63, 3.8) is 0 Å². The van der Waals surface area contributed by atoms with Crippen molar-refractivity contribution in [1.82, 2.24) is 4.90 Å². The lowest BCUT2D eigenvalue weighted by molar-refractivity contribution is -0.132. The molecule has 0 heterocycles. The fourth-order valence-corrected chi connectivity index (χ4v) is 1.93. The zero-order valence-electron chi connectivity index (χ0n) is 11.5. The molecule has 1 saturated carbocycles. The van der Waals surface area contributed by atoms with Crippen LogP contribution >= 0.6 is 0 Å². The second-order valence-corrected chi connectivity index (χ2v) is 5.02. The maximum atomic E-state index is 11.8. The summed E-state index contributed by atoms with van der Waals surface area (Å²) in [5.41, 5.74) is 0.872. The molecule has 1 aromatic rings. The first kappa shape index (κ1) is 13.9. The summed E-state index contributed by atoms with van der Waals surface area (Å²) >= 11 is 0. The van der Waals surface area contributed by atoms with E-state index in [1.807, 2.05) is 26.1 Å². The molecule has 1 aliphatic carbocycles. The lowest BCUT2D eigenvalue weighted by Crippen LogP contribution is -2.33. The van der Waals surface area contributed by atoms with Crippen molar-refractivity contribution in [3.8, 4) is 5.75 Å². The maximum absolute atomic E-state index is 11.8. The second-order valence-electron chi connectivity index (χ2n) is 5.02. The van der Waals surface area contributed by atoms with Gasteiger partial charge < -0.3 is 14.7 Å². The van der Waals surface area contributed by atoms with Gasteiger partial charge in [-0.3, -0.25) is 4.79 Å². The van der Waals surface area contributed by atoms with Crippen molar-refractivity contribution in [3.05, 3.63) is 29.8 Å². The maximum Gasteiger partial charge on any atom is 0.260 e. The Bertz CT molecular complexity index is 426. The topological polar surface area (TPSA) is 49.8 Å². The van der Waals surface area contributed by atoms with Crippen molar-refractivity contribution < 1.29 is 14.6 Å². The van der Waals surface area contributed by atoms with Gasteiger partial charge in [0.1, 0.15) is 5.75 Å². The van der Waals surface area contributed by atoms with Gasteiger partial charge in [-0.1, -0.05) is 19.1 Å². The Balaban J connectivity index is 1.84. The number of hydrogen-bond acceptors (Lipinski definition) is 3. The summed E-state index contributed by atoms with van der Waals surface area (Å²) in [5.74, 6) is 0.671. The standard InChI is InChI=1S/C15H21NO3/c1-3-14(17)11-4-8-13(9-5-11)19-10-15(18)16(2)12-6-7-12/h4-5,8-9,12,14,17H,3,6-7,10H2,1-2H3/t14-/m0/s1. The number of aliphatic hydroxyl groups is 1. The molecule has 0 unspecified atom stereocenters. The predicted molar refractivity (Wildman–Crippen MR) is 73.0 cm³/mol. The van der Waals surface area contributed by atoms with Crippen LogP contribution in [0, 0.1) is 0 Å². The van der Waals surface area contributed by atoms with E-state index < -0.39 is 6.10 Å². The number of nitrogens with zero attached hydrogens (tertiary/aromatic N) is 1. The minimum absolute atomic E-state index is 0.0140. The van der Waals surface area contributed by atoms with Crippen LogP contribution in [0.1, 0.15) is 37.9 Å². The van der Waals surface area contributed by atoms with Crippen LogP contribution in [0.2, 0.25) is 0 Å². The van der Waals surface area contributed by atoms with E-state index in [2.05, 4.69) is 0 Å². The van der Waals surface area contributed by atoms with Gasteiger partial charge in [0.05, 0.1) is 6.10 Å². The summed E-state index contributed by atoms with van der Waals surface area (Å²) in [5, 5.41) is 9.68. The molecule has 1 aliphatic rings. The quantitative estimate of drug-likeness (QED) is 0.855. The highest BCUT2D eigenvalue weighted by Crippen LogP contribution is 2.25. The van der Waals surface area contributed by atoms with Crippen LogP contribution in [0.3, 0.4) is 0 Å². The summed E-state index contributed by atoms with van der Waals surface area (Å²) in [6.07, 6.45) is 2.46. The molecule has 0 aromatic heterocycles. The van der Waals surface area contributed by atoms with Gasteiger partial charge in [0, 0.05) is 13.1 Å². The van der Waals surface area contributed by atoms with Crippen LogP contribution in [-0.2, 0) is 4.79 Å². The van der Waals surface area contributed by atoms with E-state index in [-0.39, 0.29) is 12.5 Å². The molecular weight excluding hydrogens is 242 g/mol. The van der Waals surface area contributed by atoms with Crippen molar-refractivity contribution in [2.45, 2.75) is 38.3 Å². The Hall–Kier alpha value is -1.55. The highest BCUT2D eigenvalue weighted by molar-refractivity contribution is 5.78. The summed E-state index contributed by atoms with van der Waals surface area (Å²) < 4.78 is 5.46. The van der Waals surface area contributed by atoms with Gasteiger partial charge in [0.2, 0.25) is 0 Å². The van der Waals surface area contributed by atoms with Gasteiger partial charge in [-0.2, -0.15) is 0 Å². The van der Waals surface area contributed by atoms with Crippen LogP contribution in [0.5, 0.6) is 5.75 Å². The Kier molecular flexibility index (Phi) is 4.43. The third-order valence-corrected chi connectivity index (χ3v) is 3.50. The second kappa shape index (κ2) is 6.06. The molecule has 0 bridgehead atoms. The van der Waals surface area contributed by atoms with E-state index in [0.29, 0.717) is 18.2 Å². The number of hydrogen-bond donors (Lipinski definition) is 1. The van der Waals surface area contributed by atoms with E-state index in [4.69, 9.17) is 4.74 Å². The lowest BCUT2D eigenvalue weighted by atomic mass is 10.1. The molecule has 1 N–H and O–H groups in total. The van der Waals surface area contributed by atoms with Crippen molar-refractivity contribution in [2.24, 2.45) is 0 Å². The van der Waals surface area contributed by atoms with E-state index in [9.17, 15) is 9.90 Å².